The number of benzene rings is 1. The minimum absolute atomic E-state index is 0.220. The van der Waals surface area contributed by atoms with Crippen LogP contribution in [0.5, 0.6) is 0 Å². The molecule has 0 unspecified atom stereocenters. The molecule has 3 heterocycles. The van der Waals surface area contributed by atoms with Crippen molar-refractivity contribution in [2.24, 2.45) is 0 Å². The molecule has 0 saturated carbocycles. The molecule has 1 aromatic carbocycles. The second-order valence-electron chi connectivity index (χ2n) is 5.93. The van der Waals surface area contributed by atoms with Crippen LogP contribution in [0.2, 0.25) is 0 Å². The van der Waals surface area contributed by atoms with Gasteiger partial charge in [0.15, 0.2) is 22.8 Å². The molecule has 0 atom stereocenters. The average Bonchev–Trinajstić information content (AvgIpc) is 3.10. The van der Waals surface area contributed by atoms with E-state index in [1.807, 2.05) is 0 Å². The summed E-state index contributed by atoms with van der Waals surface area (Å²) in [5.41, 5.74) is 0.142. The predicted molar refractivity (Wildman–Crippen MR) is 97.1 cm³/mol. The van der Waals surface area contributed by atoms with Crippen molar-refractivity contribution in [1.82, 2.24) is 19.6 Å². The first-order valence-corrected chi connectivity index (χ1v) is 8.17. The van der Waals surface area contributed by atoms with Crippen LogP contribution in [0.4, 0.5) is 15.9 Å². The minimum atomic E-state index is -1.44. The topological polar surface area (TPSA) is 112 Å². The Morgan fingerprint density at radius 3 is 2.89 bits per heavy atom. The van der Waals surface area contributed by atoms with Crippen molar-refractivity contribution in [2.75, 3.05) is 5.32 Å². The Hall–Kier alpha value is -3.75. The zero-order chi connectivity index (χ0) is 19.1. The molecular weight excluding hydrogens is 353 g/mol. The summed E-state index contributed by atoms with van der Waals surface area (Å²) in [6.45, 7) is 1.78. The fourth-order valence-electron chi connectivity index (χ4n) is 2.98. The summed E-state index contributed by atoms with van der Waals surface area (Å²) in [5, 5.41) is 19.9. The number of rotatable bonds is 4. The summed E-state index contributed by atoms with van der Waals surface area (Å²) in [4.78, 5) is 28.6. The minimum Gasteiger partial charge on any atom is -0.477 e. The third-order valence-corrected chi connectivity index (χ3v) is 4.29. The van der Waals surface area contributed by atoms with Gasteiger partial charge in [0.25, 0.3) is 5.56 Å². The molecule has 0 fully saturated rings. The Morgan fingerprint density at radius 2 is 2.15 bits per heavy atom. The van der Waals surface area contributed by atoms with Gasteiger partial charge in [0.2, 0.25) is 0 Å². The molecule has 27 heavy (non-hydrogen) atoms. The Kier molecular flexibility index (Phi) is 3.84. The highest BCUT2D eigenvalue weighted by Gasteiger charge is 2.22. The van der Waals surface area contributed by atoms with E-state index in [1.54, 1.807) is 31.3 Å². The molecule has 0 saturated heterocycles. The third kappa shape index (κ3) is 2.69. The van der Waals surface area contributed by atoms with Crippen molar-refractivity contribution in [3.05, 3.63) is 64.0 Å². The highest BCUT2D eigenvalue weighted by Crippen LogP contribution is 2.23. The Balaban J connectivity index is 1.96. The number of nitrogens with zero attached hydrogens (tertiary/aromatic N) is 3. The fourth-order valence-corrected chi connectivity index (χ4v) is 2.98. The van der Waals surface area contributed by atoms with Crippen molar-refractivity contribution < 1.29 is 14.3 Å². The van der Waals surface area contributed by atoms with Crippen LogP contribution in [-0.4, -0.2) is 30.7 Å². The van der Waals surface area contributed by atoms with E-state index < -0.39 is 22.9 Å². The SMILES string of the molecule is CCc1ccc(F)c2nc(Nc3ccc4[nH]ncc4c3)c(C(=O)O)c(=O)n12. The number of pyridine rings is 1. The van der Waals surface area contributed by atoms with Crippen molar-refractivity contribution in [3.8, 4) is 0 Å². The van der Waals surface area contributed by atoms with Gasteiger partial charge in [0.1, 0.15) is 0 Å². The van der Waals surface area contributed by atoms with Gasteiger partial charge in [-0.3, -0.25) is 14.3 Å². The van der Waals surface area contributed by atoms with Crippen LogP contribution < -0.4 is 10.9 Å². The molecule has 4 aromatic rings. The van der Waals surface area contributed by atoms with Crippen LogP contribution in [0.3, 0.4) is 0 Å². The number of hydrogen-bond donors (Lipinski definition) is 3. The third-order valence-electron chi connectivity index (χ3n) is 4.29. The predicted octanol–water partition coefficient (Wildman–Crippen LogP) is 2.71. The maximum atomic E-state index is 14.3. The van der Waals surface area contributed by atoms with Gasteiger partial charge in [-0.25, -0.2) is 14.2 Å². The van der Waals surface area contributed by atoms with Crippen LogP contribution in [0.15, 0.2) is 41.3 Å². The monoisotopic (exact) mass is 367 g/mol. The van der Waals surface area contributed by atoms with Gasteiger partial charge in [0.05, 0.1) is 11.7 Å². The lowest BCUT2D eigenvalue weighted by atomic mass is 10.2. The van der Waals surface area contributed by atoms with Crippen LogP contribution in [0, 0.1) is 5.82 Å². The molecular formula is C18H14FN5O3. The molecule has 4 rings (SSSR count). The van der Waals surface area contributed by atoms with E-state index in [0.29, 0.717) is 17.8 Å². The Bertz CT molecular complexity index is 1260. The van der Waals surface area contributed by atoms with E-state index in [4.69, 9.17) is 0 Å². The van der Waals surface area contributed by atoms with Crippen molar-refractivity contribution in [3.63, 3.8) is 0 Å². The van der Waals surface area contributed by atoms with E-state index in [9.17, 15) is 19.1 Å². The molecule has 9 heteroatoms. The molecule has 0 bridgehead atoms. The molecule has 0 radical (unpaired) electrons. The number of carbonyl (C=O) groups is 1. The Morgan fingerprint density at radius 1 is 1.33 bits per heavy atom. The van der Waals surface area contributed by atoms with Crippen LogP contribution >= 0.6 is 0 Å². The first-order valence-electron chi connectivity index (χ1n) is 8.17. The number of aromatic amines is 1. The summed E-state index contributed by atoms with van der Waals surface area (Å²) >= 11 is 0. The van der Waals surface area contributed by atoms with Gasteiger partial charge in [-0.2, -0.15) is 5.10 Å². The summed E-state index contributed by atoms with van der Waals surface area (Å²) in [6.07, 6.45) is 2.02. The summed E-state index contributed by atoms with van der Waals surface area (Å²) < 4.78 is 15.3. The Labute approximate surface area is 151 Å². The molecule has 0 spiro atoms. The highest BCUT2D eigenvalue weighted by atomic mass is 19.1. The molecule has 0 aliphatic rings. The second kappa shape index (κ2) is 6.20. The van der Waals surface area contributed by atoms with Gasteiger partial charge in [-0.05, 0) is 36.8 Å². The number of carboxylic acids is 1. The van der Waals surface area contributed by atoms with E-state index in [0.717, 1.165) is 15.3 Å². The number of carboxylic acid groups (broad SMARTS) is 1. The van der Waals surface area contributed by atoms with Crippen LogP contribution in [0.1, 0.15) is 23.0 Å². The number of hydrogen-bond acceptors (Lipinski definition) is 5. The van der Waals surface area contributed by atoms with E-state index in [-0.39, 0.29) is 11.5 Å². The van der Waals surface area contributed by atoms with Crippen LogP contribution in [-0.2, 0) is 6.42 Å². The molecule has 8 nitrogen and oxygen atoms in total. The number of anilines is 2. The molecule has 0 aliphatic carbocycles. The zero-order valence-electron chi connectivity index (χ0n) is 14.2. The van der Waals surface area contributed by atoms with Gasteiger partial charge >= 0.3 is 5.97 Å². The fraction of sp³-hybridized carbons (Fsp3) is 0.111. The number of nitrogens with one attached hydrogen (secondary N) is 2. The highest BCUT2D eigenvalue weighted by molar-refractivity contribution is 5.94. The molecule has 3 N–H and O–H groups in total. The molecule has 3 aromatic heterocycles. The standard InChI is InChI=1S/C18H14FN5O3/c1-2-11-4-5-12(19)16-22-15(14(18(26)27)17(25)24(11)16)21-10-3-6-13-9(7-10)8-20-23-13/h3-8,21H,2H2,1H3,(H,20,23)(H,26,27). The number of halogens is 1. The van der Waals surface area contributed by atoms with E-state index in [2.05, 4.69) is 20.5 Å². The van der Waals surface area contributed by atoms with Crippen molar-refractivity contribution >= 4 is 34.0 Å². The molecule has 0 amide bonds. The maximum Gasteiger partial charge on any atom is 0.345 e. The van der Waals surface area contributed by atoms with Crippen molar-refractivity contribution in [2.45, 2.75) is 13.3 Å². The number of H-pyrrole nitrogens is 1. The lowest BCUT2D eigenvalue weighted by molar-refractivity contribution is 0.0695. The number of aromatic carboxylic acids is 1. The first-order chi connectivity index (χ1) is 13.0. The molecule has 136 valence electrons. The summed E-state index contributed by atoms with van der Waals surface area (Å²) in [6, 6.07) is 7.79. The van der Waals surface area contributed by atoms with E-state index in [1.165, 1.54) is 12.1 Å². The molecule has 0 aliphatic heterocycles. The number of aromatic nitrogens is 4. The van der Waals surface area contributed by atoms with Gasteiger partial charge in [-0.15, -0.1) is 0 Å². The van der Waals surface area contributed by atoms with E-state index >= 15 is 0 Å². The average molecular weight is 367 g/mol. The largest absolute Gasteiger partial charge is 0.477 e. The normalized spacial score (nSPS) is 11.2. The lowest BCUT2D eigenvalue weighted by Gasteiger charge is -2.13. The van der Waals surface area contributed by atoms with Gasteiger partial charge in [0, 0.05) is 16.8 Å². The smallest absolute Gasteiger partial charge is 0.345 e. The summed E-state index contributed by atoms with van der Waals surface area (Å²) in [7, 11) is 0. The van der Waals surface area contributed by atoms with Gasteiger partial charge in [-0.1, -0.05) is 6.92 Å². The number of fused-ring (bicyclic) bond motifs is 2. The van der Waals surface area contributed by atoms with Crippen LogP contribution in [0.25, 0.3) is 16.6 Å². The first kappa shape index (κ1) is 16.7. The lowest BCUT2D eigenvalue weighted by Crippen LogP contribution is -2.27. The second-order valence-corrected chi connectivity index (χ2v) is 5.93. The zero-order valence-corrected chi connectivity index (χ0v) is 14.2. The quantitative estimate of drug-likeness (QED) is 0.511. The summed E-state index contributed by atoms with van der Waals surface area (Å²) in [5.74, 6) is -2.38. The van der Waals surface area contributed by atoms with Gasteiger partial charge < -0.3 is 10.4 Å². The number of aryl methyl sites for hydroxylation is 1. The van der Waals surface area contributed by atoms with Crippen molar-refractivity contribution in [1.29, 1.82) is 0 Å². The maximum absolute atomic E-state index is 14.3.